The zero-order valence-corrected chi connectivity index (χ0v) is 19.5. The molecule has 0 saturated carbocycles. The van der Waals surface area contributed by atoms with E-state index in [-0.39, 0.29) is 0 Å². The Morgan fingerprint density at radius 2 is 0.676 bits per heavy atom. The highest BCUT2D eigenvalue weighted by Gasteiger charge is 2.21. The molecule has 0 saturated heterocycles. The molecule has 0 fully saturated rings. The molecule has 0 aliphatic rings. The summed E-state index contributed by atoms with van der Waals surface area (Å²) in [7, 11) is 0. The van der Waals surface area contributed by atoms with E-state index < -0.39 is 58.1 Å². The molecule has 0 aliphatic heterocycles. The molecule has 0 aliphatic carbocycles. The van der Waals surface area contributed by atoms with Crippen molar-refractivity contribution in [1.29, 1.82) is 0 Å². The minimum Gasteiger partial charge on any atom is -0.505 e. The summed E-state index contributed by atoms with van der Waals surface area (Å²) < 4.78 is 56.6. The second kappa shape index (κ2) is 10.8. The van der Waals surface area contributed by atoms with Gasteiger partial charge in [-0.25, -0.2) is 17.6 Å². The third-order valence-corrected chi connectivity index (χ3v) is 6.48. The van der Waals surface area contributed by atoms with Crippen molar-refractivity contribution in [2.45, 2.75) is 31.1 Å². The van der Waals surface area contributed by atoms with Gasteiger partial charge in [-0.15, -0.1) is 0 Å². The number of benzene rings is 4. The largest absolute Gasteiger partial charge is 0.505 e. The van der Waals surface area contributed by atoms with Crippen molar-refractivity contribution in [2.24, 2.45) is 0 Å². The third kappa shape index (κ3) is 5.80. The highest BCUT2D eigenvalue weighted by Crippen LogP contribution is 2.38. The SMILES string of the molecule is Oc1ccc(C(CCCC(c2ccc(O)c(F)c2)c2ccc(O)c(F)c2)c2ccc(O)c(F)c2)cc1F. The molecular weight excluding hydrogens is 488 g/mol. The van der Waals surface area contributed by atoms with Crippen LogP contribution in [0.2, 0.25) is 0 Å². The summed E-state index contributed by atoms with van der Waals surface area (Å²) in [6.45, 7) is 0. The Bertz CT molecular complexity index is 1210. The maximum Gasteiger partial charge on any atom is 0.165 e. The van der Waals surface area contributed by atoms with Crippen LogP contribution in [0.3, 0.4) is 0 Å². The molecule has 0 atom stereocenters. The molecule has 0 radical (unpaired) electrons. The highest BCUT2D eigenvalue weighted by atomic mass is 19.1. The average molecular weight is 512 g/mol. The van der Waals surface area contributed by atoms with E-state index in [1.165, 1.54) is 48.5 Å². The van der Waals surface area contributed by atoms with Gasteiger partial charge in [0.1, 0.15) is 0 Å². The van der Waals surface area contributed by atoms with Gasteiger partial charge in [0.2, 0.25) is 0 Å². The van der Waals surface area contributed by atoms with Crippen molar-refractivity contribution in [3.8, 4) is 23.0 Å². The van der Waals surface area contributed by atoms with Crippen molar-refractivity contribution in [2.75, 3.05) is 0 Å². The Kier molecular flexibility index (Phi) is 7.57. The lowest BCUT2D eigenvalue weighted by molar-refractivity contribution is 0.429. The first kappa shape index (κ1) is 25.9. The van der Waals surface area contributed by atoms with Crippen LogP contribution in [0.15, 0.2) is 72.8 Å². The van der Waals surface area contributed by atoms with E-state index in [9.17, 15) is 38.0 Å². The maximum absolute atomic E-state index is 14.2. The number of phenolic OH excluding ortho intramolecular Hbond substituents is 4. The first-order valence-electron chi connectivity index (χ1n) is 11.6. The van der Waals surface area contributed by atoms with Crippen molar-refractivity contribution in [1.82, 2.24) is 0 Å². The summed E-state index contributed by atoms with van der Waals surface area (Å²) in [6, 6.07) is 15.6. The molecule has 0 bridgehead atoms. The molecular formula is C29H24F4O4. The Hall–Kier alpha value is -4.20. The van der Waals surface area contributed by atoms with Crippen molar-refractivity contribution in [3.63, 3.8) is 0 Å². The van der Waals surface area contributed by atoms with Gasteiger partial charge in [-0.1, -0.05) is 30.7 Å². The minimum atomic E-state index is -0.834. The number of hydrogen-bond donors (Lipinski definition) is 4. The molecule has 192 valence electrons. The predicted octanol–water partition coefficient (Wildman–Crippen LogP) is 7.20. The van der Waals surface area contributed by atoms with E-state index in [2.05, 4.69) is 0 Å². The summed E-state index contributed by atoms with van der Waals surface area (Å²) in [5.41, 5.74) is 1.90. The van der Waals surface area contributed by atoms with E-state index in [0.29, 0.717) is 41.5 Å². The van der Waals surface area contributed by atoms with Crippen LogP contribution in [0.5, 0.6) is 23.0 Å². The van der Waals surface area contributed by atoms with Crippen LogP contribution < -0.4 is 0 Å². The van der Waals surface area contributed by atoms with Gasteiger partial charge in [0.05, 0.1) is 0 Å². The Labute approximate surface area is 210 Å². The second-order valence-electron chi connectivity index (χ2n) is 8.88. The average Bonchev–Trinajstić information content (AvgIpc) is 2.87. The van der Waals surface area contributed by atoms with Crippen molar-refractivity contribution in [3.05, 3.63) is 118 Å². The zero-order valence-electron chi connectivity index (χ0n) is 19.5. The van der Waals surface area contributed by atoms with Crippen molar-refractivity contribution >= 4 is 0 Å². The monoisotopic (exact) mass is 512 g/mol. The van der Waals surface area contributed by atoms with Crippen molar-refractivity contribution < 1.29 is 38.0 Å². The Morgan fingerprint density at radius 3 is 0.892 bits per heavy atom. The molecule has 0 spiro atoms. The van der Waals surface area contributed by atoms with Gasteiger partial charge in [0.25, 0.3) is 0 Å². The van der Waals surface area contributed by atoms with Gasteiger partial charge in [0.15, 0.2) is 46.3 Å². The molecule has 4 aromatic carbocycles. The fourth-order valence-corrected chi connectivity index (χ4v) is 4.54. The number of aromatic hydroxyl groups is 4. The van der Waals surface area contributed by atoms with E-state index in [1.807, 2.05) is 0 Å². The molecule has 37 heavy (non-hydrogen) atoms. The summed E-state index contributed by atoms with van der Waals surface area (Å²) in [6.07, 6.45) is 1.17. The standard InChI is InChI=1S/C29H24F4O4/c30-22-12-16(4-8-26(22)34)20(17-5-9-27(35)23(31)13-17)2-1-3-21(18-6-10-28(36)24(32)14-18)19-7-11-29(37)25(33)15-19/h4-15,20-21,34-37H,1-3H2. The molecule has 4 nitrogen and oxygen atoms in total. The topological polar surface area (TPSA) is 80.9 Å². The molecule has 4 rings (SSSR count). The number of rotatable bonds is 8. The van der Waals surface area contributed by atoms with E-state index in [1.54, 1.807) is 0 Å². The quantitative estimate of drug-likeness (QED) is 0.188. The van der Waals surface area contributed by atoms with Crippen LogP contribution in [0.4, 0.5) is 17.6 Å². The lowest BCUT2D eigenvalue weighted by Gasteiger charge is -2.22. The van der Waals surface area contributed by atoms with Gasteiger partial charge < -0.3 is 20.4 Å². The predicted molar refractivity (Wildman–Crippen MR) is 130 cm³/mol. The fraction of sp³-hybridized carbons (Fsp3) is 0.172. The zero-order chi connectivity index (χ0) is 26.7. The van der Waals surface area contributed by atoms with Crippen LogP contribution in [0, 0.1) is 23.3 Å². The second-order valence-corrected chi connectivity index (χ2v) is 8.88. The molecule has 0 amide bonds. The highest BCUT2D eigenvalue weighted by molar-refractivity contribution is 5.41. The number of hydrogen-bond acceptors (Lipinski definition) is 4. The van der Waals surface area contributed by atoms with E-state index in [4.69, 9.17) is 0 Å². The van der Waals surface area contributed by atoms with Crippen LogP contribution in [0.25, 0.3) is 0 Å². The first-order chi connectivity index (χ1) is 17.6. The lowest BCUT2D eigenvalue weighted by Crippen LogP contribution is -2.06. The summed E-state index contributed by atoms with van der Waals surface area (Å²) in [5.74, 6) is -6.47. The van der Waals surface area contributed by atoms with E-state index in [0.717, 1.165) is 24.3 Å². The first-order valence-corrected chi connectivity index (χ1v) is 11.6. The number of phenols is 4. The van der Waals surface area contributed by atoms with Crippen LogP contribution >= 0.6 is 0 Å². The molecule has 0 heterocycles. The van der Waals surface area contributed by atoms with Crippen LogP contribution in [-0.4, -0.2) is 20.4 Å². The molecule has 8 heteroatoms. The van der Waals surface area contributed by atoms with Gasteiger partial charge >= 0.3 is 0 Å². The smallest absolute Gasteiger partial charge is 0.165 e. The minimum absolute atomic E-state index is 0.367. The van der Waals surface area contributed by atoms with Gasteiger partial charge in [-0.2, -0.15) is 0 Å². The Balaban J connectivity index is 1.65. The third-order valence-electron chi connectivity index (χ3n) is 6.48. The fourth-order valence-electron chi connectivity index (χ4n) is 4.54. The molecule has 0 aromatic heterocycles. The summed E-state index contributed by atoms with van der Waals surface area (Å²) in [5, 5.41) is 38.4. The summed E-state index contributed by atoms with van der Waals surface area (Å²) in [4.78, 5) is 0. The lowest BCUT2D eigenvalue weighted by atomic mass is 9.82. The summed E-state index contributed by atoms with van der Waals surface area (Å²) >= 11 is 0. The van der Waals surface area contributed by atoms with Crippen LogP contribution in [-0.2, 0) is 0 Å². The molecule has 4 N–H and O–H groups in total. The normalized spacial score (nSPS) is 11.4. The molecule has 4 aromatic rings. The Morgan fingerprint density at radius 1 is 0.432 bits per heavy atom. The maximum atomic E-state index is 14.2. The van der Waals surface area contributed by atoms with Crippen LogP contribution in [0.1, 0.15) is 53.4 Å². The van der Waals surface area contributed by atoms with E-state index >= 15 is 0 Å². The van der Waals surface area contributed by atoms with Gasteiger partial charge in [-0.3, -0.25) is 0 Å². The molecule has 0 unspecified atom stereocenters. The van der Waals surface area contributed by atoms with Gasteiger partial charge in [-0.05, 0) is 83.6 Å². The van der Waals surface area contributed by atoms with Gasteiger partial charge in [0, 0.05) is 11.8 Å². The number of halogens is 4.